The Bertz CT molecular complexity index is 1120. The van der Waals surface area contributed by atoms with Gasteiger partial charge in [0.05, 0.1) is 25.0 Å². The number of hydrogen-bond acceptors (Lipinski definition) is 5. The first-order valence-corrected chi connectivity index (χ1v) is 10.6. The normalized spacial score (nSPS) is 10.8. The standard InChI is InChI=1S/C24H22Cl2N2O4/c1-3-31-23-13-18(8-10-22(23)30-2)24(29)28-27-14-16-7-9-21(20(26)12-16)32-15-17-5-4-6-19(25)11-17/h4-14H,3,15H2,1-2H3,(H,28,29)/b27-14+. The number of rotatable bonds is 9. The highest BCUT2D eigenvalue weighted by Gasteiger charge is 2.10. The van der Waals surface area contributed by atoms with E-state index in [9.17, 15) is 4.79 Å². The summed E-state index contributed by atoms with van der Waals surface area (Å²) >= 11 is 12.3. The molecule has 3 aromatic rings. The molecule has 0 aliphatic carbocycles. The maximum absolute atomic E-state index is 12.4. The molecule has 6 nitrogen and oxygen atoms in total. The molecular weight excluding hydrogens is 451 g/mol. The maximum atomic E-state index is 12.4. The van der Waals surface area contributed by atoms with Crippen LogP contribution >= 0.6 is 23.2 Å². The van der Waals surface area contributed by atoms with Crippen LogP contribution in [0.25, 0.3) is 0 Å². The maximum Gasteiger partial charge on any atom is 0.271 e. The molecule has 166 valence electrons. The van der Waals surface area contributed by atoms with Crippen LogP contribution in [0.1, 0.15) is 28.4 Å². The molecule has 3 rings (SSSR count). The summed E-state index contributed by atoms with van der Waals surface area (Å²) in [5, 5.41) is 5.08. The number of benzene rings is 3. The molecule has 0 radical (unpaired) electrons. The summed E-state index contributed by atoms with van der Waals surface area (Å²) in [6.07, 6.45) is 1.50. The Balaban J connectivity index is 1.60. The molecule has 0 bridgehead atoms. The van der Waals surface area contributed by atoms with Crippen molar-refractivity contribution in [3.8, 4) is 17.2 Å². The number of halogens is 2. The van der Waals surface area contributed by atoms with E-state index in [-0.39, 0.29) is 5.91 Å². The lowest BCUT2D eigenvalue weighted by Crippen LogP contribution is -2.17. The molecule has 0 aliphatic rings. The van der Waals surface area contributed by atoms with Gasteiger partial charge in [0.15, 0.2) is 11.5 Å². The number of amides is 1. The Morgan fingerprint density at radius 3 is 2.53 bits per heavy atom. The van der Waals surface area contributed by atoms with Crippen LogP contribution in [0.5, 0.6) is 17.2 Å². The fourth-order valence-corrected chi connectivity index (χ4v) is 3.27. The van der Waals surface area contributed by atoms with Gasteiger partial charge in [0.25, 0.3) is 5.91 Å². The first-order valence-electron chi connectivity index (χ1n) is 9.81. The number of hydrazone groups is 1. The van der Waals surface area contributed by atoms with Crippen molar-refractivity contribution in [3.63, 3.8) is 0 Å². The minimum Gasteiger partial charge on any atom is -0.493 e. The van der Waals surface area contributed by atoms with Crippen LogP contribution in [0.3, 0.4) is 0 Å². The minimum absolute atomic E-state index is 0.343. The molecule has 8 heteroatoms. The lowest BCUT2D eigenvalue weighted by molar-refractivity contribution is 0.0954. The molecule has 3 aromatic carbocycles. The van der Waals surface area contributed by atoms with Gasteiger partial charge in [-0.2, -0.15) is 5.10 Å². The Hall–Kier alpha value is -3.22. The molecule has 0 unspecified atom stereocenters. The molecule has 0 aromatic heterocycles. The molecule has 1 N–H and O–H groups in total. The molecule has 0 aliphatic heterocycles. The highest BCUT2D eigenvalue weighted by molar-refractivity contribution is 6.32. The second kappa shape index (κ2) is 11.4. The quantitative estimate of drug-likeness (QED) is 0.318. The van der Waals surface area contributed by atoms with Crippen LogP contribution in [-0.2, 0) is 6.61 Å². The van der Waals surface area contributed by atoms with E-state index in [2.05, 4.69) is 10.5 Å². The number of methoxy groups -OCH3 is 1. The van der Waals surface area contributed by atoms with E-state index in [1.807, 2.05) is 25.1 Å². The molecule has 0 saturated heterocycles. The molecule has 0 saturated carbocycles. The third-order valence-electron chi connectivity index (χ3n) is 4.34. The summed E-state index contributed by atoms with van der Waals surface area (Å²) in [7, 11) is 1.54. The highest BCUT2D eigenvalue weighted by atomic mass is 35.5. The van der Waals surface area contributed by atoms with E-state index >= 15 is 0 Å². The van der Waals surface area contributed by atoms with Crippen molar-refractivity contribution in [2.24, 2.45) is 5.10 Å². The molecule has 1 amide bonds. The number of ether oxygens (including phenoxy) is 3. The van der Waals surface area contributed by atoms with E-state index in [0.717, 1.165) is 5.56 Å². The molecular formula is C24H22Cl2N2O4. The fraction of sp³-hybridized carbons (Fsp3) is 0.167. The van der Waals surface area contributed by atoms with Gasteiger partial charge < -0.3 is 14.2 Å². The van der Waals surface area contributed by atoms with E-state index in [0.29, 0.717) is 51.6 Å². The van der Waals surface area contributed by atoms with Crippen molar-refractivity contribution in [2.45, 2.75) is 13.5 Å². The zero-order valence-corrected chi connectivity index (χ0v) is 19.1. The predicted octanol–water partition coefficient (Wildman–Crippen LogP) is 5.74. The summed E-state index contributed by atoms with van der Waals surface area (Å²) in [6, 6.07) is 17.6. The van der Waals surface area contributed by atoms with Crippen LogP contribution in [-0.4, -0.2) is 25.8 Å². The van der Waals surface area contributed by atoms with Gasteiger partial charge in [-0.3, -0.25) is 4.79 Å². The van der Waals surface area contributed by atoms with Crippen molar-refractivity contribution in [1.82, 2.24) is 5.43 Å². The second-order valence-electron chi connectivity index (χ2n) is 6.61. The summed E-state index contributed by atoms with van der Waals surface area (Å²) in [5.41, 5.74) is 4.53. The van der Waals surface area contributed by atoms with Crippen LogP contribution in [0, 0.1) is 0 Å². The average molecular weight is 473 g/mol. The smallest absolute Gasteiger partial charge is 0.271 e. The minimum atomic E-state index is -0.377. The number of nitrogens with zero attached hydrogens (tertiary/aromatic N) is 1. The van der Waals surface area contributed by atoms with Crippen molar-refractivity contribution in [2.75, 3.05) is 13.7 Å². The summed E-state index contributed by atoms with van der Waals surface area (Å²) in [5.74, 6) is 1.21. The molecule has 0 fully saturated rings. The highest BCUT2D eigenvalue weighted by Crippen LogP contribution is 2.28. The third kappa shape index (κ3) is 6.39. The summed E-state index contributed by atoms with van der Waals surface area (Å²) in [6.45, 7) is 2.66. The zero-order valence-electron chi connectivity index (χ0n) is 17.6. The summed E-state index contributed by atoms with van der Waals surface area (Å²) in [4.78, 5) is 12.4. The number of carbonyl (C=O) groups is 1. The summed E-state index contributed by atoms with van der Waals surface area (Å²) < 4.78 is 16.5. The van der Waals surface area contributed by atoms with Gasteiger partial charge >= 0.3 is 0 Å². The van der Waals surface area contributed by atoms with Gasteiger partial charge in [0.1, 0.15) is 12.4 Å². The number of nitrogens with one attached hydrogen (secondary N) is 1. The lowest BCUT2D eigenvalue weighted by Gasteiger charge is -2.10. The van der Waals surface area contributed by atoms with Gasteiger partial charge in [-0.05, 0) is 66.6 Å². The van der Waals surface area contributed by atoms with Gasteiger partial charge in [-0.1, -0.05) is 35.3 Å². The zero-order chi connectivity index (χ0) is 22.9. The van der Waals surface area contributed by atoms with Crippen LogP contribution in [0.2, 0.25) is 10.0 Å². The van der Waals surface area contributed by atoms with E-state index in [1.165, 1.54) is 6.21 Å². The van der Waals surface area contributed by atoms with Crippen LogP contribution < -0.4 is 19.6 Å². The first-order chi connectivity index (χ1) is 15.5. The first kappa shape index (κ1) is 23.4. The van der Waals surface area contributed by atoms with Crippen molar-refractivity contribution < 1.29 is 19.0 Å². The van der Waals surface area contributed by atoms with Gasteiger partial charge in [0.2, 0.25) is 0 Å². The topological polar surface area (TPSA) is 69.2 Å². The van der Waals surface area contributed by atoms with Gasteiger partial charge in [-0.25, -0.2) is 5.43 Å². The van der Waals surface area contributed by atoms with E-state index in [1.54, 1.807) is 49.6 Å². The van der Waals surface area contributed by atoms with Gasteiger partial charge in [-0.15, -0.1) is 0 Å². The Labute approximate surface area is 196 Å². The number of carbonyl (C=O) groups excluding carboxylic acids is 1. The average Bonchev–Trinajstić information content (AvgIpc) is 2.78. The Morgan fingerprint density at radius 2 is 1.81 bits per heavy atom. The second-order valence-corrected chi connectivity index (χ2v) is 7.45. The van der Waals surface area contributed by atoms with Gasteiger partial charge in [0, 0.05) is 10.6 Å². The van der Waals surface area contributed by atoms with Crippen LogP contribution in [0.15, 0.2) is 65.8 Å². The Morgan fingerprint density at radius 1 is 1.00 bits per heavy atom. The molecule has 0 spiro atoms. The fourth-order valence-electron chi connectivity index (χ4n) is 2.82. The third-order valence-corrected chi connectivity index (χ3v) is 4.88. The lowest BCUT2D eigenvalue weighted by atomic mass is 10.2. The van der Waals surface area contributed by atoms with E-state index in [4.69, 9.17) is 37.4 Å². The van der Waals surface area contributed by atoms with Crippen LogP contribution in [0.4, 0.5) is 0 Å². The molecule has 0 heterocycles. The van der Waals surface area contributed by atoms with E-state index < -0.39 is 0 Å². The molecule has 0 atom stereocenters. The van der Waals surface area contributed by atoms with Crippen molar-refractivity contribution in [1.29, 1.82) is 0 Å². The Kier molecular flexibility index (Phi) is 8.36. The SMILES string of the molecule is CCOc1cc(C(=O)N/N=C/c2ccc(OCc3cccc(Cl)c3)c(Cl)c2)ccc1OC. The van der Waals surface area contributed by atoms with Crippen molar-refractivity contribution >= 4 is 35.3 Å². The van der Waals surface area contributed by atoms with Crippen molar-refractivity contribution in [3.05, 3.63) is 87.4 Å². The largest absolute Gasteiger partial charge is 0.493 e. The predicted molar refractivity (Wildman–Crippen MR) is 126 cm³/mol. The monoisotopic (exact) mass is 472 g/mol. The number of hydrogen-bond donors (Lipinski definition) is 1. The molecule has 32 heavy (non-hydrogen) atoms.